The van der Waals surface area contributed by atoms with E-state index in [2.05, 4.69) is 16.0 Å². The minimum atomic E-state index is -3.91. The summed E-state index contributed by atoms with van der Waals surface area (Å²) in [7, 11) is -2.24. The monoisotopic (exact) mass is 500 g/mol. The van der Waals surface area contributed by atoms with Gasteiger partial charge >= 0.3 is 0 Å². The lowest BCUT2D eigenvalue weighted by molar-refractivity contribution is 0.0559. The Kier molecular flexibility index (Phi) is 7.53. The van der Waals surface area contributed by atoms with Crippen molar-refractivity contribution in [3.63, 3.8) is 0 Å². The van der Waals surface area contributed by atoms with Gasteiger partial charge in [-0.25, -0.2) is 13.4 Å². The third kappa shape index (κ3) is 5.24. The van der Waals surface area contributed by atoms with Crippen molar-refractivity contribution >= 4 is 21.5 Å². The molecule has 4 rings (SSSR count). The first-order valence-electron chi connectivity index (χ1n) is 11.9. The van der Waals surface area contributed by atoms with Crippen LogP contribution in [0, 0.1) is 5.92 Å². The SMILES string of the molecule is C[C@H](CO)N1C[C@H](C)[C@@H](CN(C)C(=O)c2cnccn2)Oc2cc(C3=CCCC3)ccc2S1(=O)=O. The van der Waals surface area contributed by atoms with Crippen LogP contribution in [0.3, 0.4) is 0 Å². The third-order valence-corrected chi connectivity index (χ3v) is 8.68. The lowest BCUT2D eigenvalue weighted by Crippen LogP contribution is -2.50. The average molecular weight is 501 g/mol. The summed E-state index contributed by atoms with van der Waals surface area (Å²) < 4.78 is 35.0. The minimum Gasteiger partial charge on any atom is -0.487 e. The molecule has 1 N–H and O–H groups in total. The van der Waals surface area contributed by atoms with Crippen LogP contribution in [0.4, 0.5) is 0 Å². The molecule has 1 aromatic heterocycles. The number of carbonyl (C=O) groups is 1. The molecule has 2 aliphatic rings. The van der Waals surface area contributed by atoms with Gasteiger partial charge in [0.15, 0.2) is 0 Å². The molecular weight excluding hydrogens is 468 g/mol. The van der Waals surface area contributed by atoms with Crippen LogP contribution in [0.1, 0.15) is 49.2 Å². The summed E-state index contributed by atoms with van der Waals surface area (Å²) in [5.74, 6) is -0.296. The molecule has 9 nitrogen and oxygen atoms in total. The number of likely N-dealkylation sites (N-methyl/N-ethyl adjacent to an activating group) is 1. The molecule has 0 saturated heterocycles. The Balaban J connectivity index is 1.72. The van der Waals surface area contributed by atoms with Crippen LogP contribution >= 0.6 is 0 Å². The zero-order chi connectivity index (χ0) is 25.2. The normalized spacial score (nSPS) is 22.8. The number of allylic oxidation sites excluding steroid dienone is 2. The van der Waals surface area contributed by atoms with Gasteiger partial charge in [0.05, 0.1) is 19.3 Å². The molecule has 3 atom stereocenters. The van der Waals surface area contributed by atoms with Crippen molar-refractivity contribution in [3.05, 3.63) is 54.1 Å². The molecule has 1 aromatic carbocycles. The first-order valence-corrected chi connectivity index (χ1v) is 13.3. The maximum Gasteiger partial charge on any atom is 0.273 e. The number of amides is 1. The van der Waals surface area contributed by atoms with E-state index < -0.39 is 22.2 Å². The fourth-order valence-electron chi connectivity index (χ4n) is 4.53. The number of hydrogen-bond donors (Lipinski definition) is 1. The average Bonchev–Trinajstić information content (AvgIpc) is 3.40. The highest BCUT2D eigenvalue weighted by Crippen LogP contribution is 2.37. The van der Waals surface area contributed by atoms with E-state index in [1.54, 1.807) is 26.1 Å². The van der Waals surface area contributed by atoms with Gasteiger partial charge in [-0.1, -0.05) is 19.1 Å². The van der Waals surface area contributed by atoms with Crippen molar-refractivity contribution in [2.45, 2.75) is 50.2 Å². The smallest absolute Gasteiger partial charge is 0.273 e. The van der Waals surface area contributed by atoms with Gasteiger partial charge in [0, 0.05) is 37.9 Å². The number of hydrogen-bond acceptors (Lipinski definition) is 7. The van der Waals surface area contributed by atoms with E-state index in [1.165, 1.54) is 33.4 Å². The van der Waals surface area contributed by atoms with Gasteiger partial charge in [0.25, 0.3) is 5.91 Å². The molecule has 0 saturated carbocycles. The number of sulfonamides is 1. The van der Waals surface area contributed by atoms with Crippen LogP contribution in [0.25, 0.3) is 5.57 Å². The Morgan fingerprint density at radius 2 is 2.14 bits per heavy atom. The number of rotatable bonds is 6. The van der Waals surface area contributed by atoms with Gasteiger partial charge in [-0.3, -0.25) is 9.78 Å². The molecule has 1 aliphatic heterocycles. The van der Waals surface area contributed by atoms with Crippen molar-refractivity contribution in [2.24, 2.45) is 5.92 Å². The summed E-state index contributed by atoms with van der Waals surface area (Å²) >= 11 is 0. The van der Waals surface area contributed by atoms with Gasteiger partial charge in [-0.2, -0.15) is 4.31 Å². The van der Waals surface area contributed by atoms with Gasteiger partial charge in [0.2, 0.25) is 10.0 Å². The standard InChI is InChI=1S/C25H32N4O5S/c1-17-14-29(18(2)16-30)35(32,33)24-9-8-20(19-6-4-5-7-19)12-22(24)34-23(17)15-28(3)25(31)21-13-26-10-11-27-21/h6,8-13,17-18,23,30H,4-5,7,14-16H2,1-3H3/t17-,18+,23+/m0/s1. The van der Waals surface area contributed by atoms with E-state index in [4.69, 9.17) is 4.74 Å². The van der Waals surface area contributed by atoms with E-state index >= 15 is 0 Å². The Labute approximate surface area is 206 Å². The van der Waals surface area contributed by atoms with Crippen LogP contribution in [-0.2, 0) is 10.0 Å². The van der Waals surface area contributed by atoms with E-state index in [-0.39, 0.29) is 47.9 Å². The molecule has 0 spiro atoms. The Morgan fingerprint density at radius 3 is 2.80 bits per heavy atom. The summed E-state index contributed by atoms with van der Waals surface area (Å²) in [4.78, 5) is 22.5. The van der Waals surface area contributed by atoms with Crippen molar-refractivity contribution in [1.82, 2.24) is 19.2 Å². The summed E-state index contributed by atoms with van der Waals surface area (Å²) in [5.41, 5.74) is 2.34. The van der Waals surface area contributed by atoms with Crippen LogP contribution < -0.4 is 4.74 Å². The number of nitrogens with zero attached hydrogens (tertiary/aromatic N) is 4. The van der Waals surface area contributed by atoms with Crippen molar-refractivity contribution in [1.29, 1.82) is 0 Å². The lowest BCUT2D eigenvalue weighted by Gasteiger charge is -2.37. The highest BCUT2D eigenvalue weighted by molar-refractivity contribution is 7.89. The van der Waals surface area contributed by atoms with Gasteiger partial charge < -0.3 is 14.7 Å². The number of benzene rings is 1. The third-order valence-electron chi connectivity index (χ3n) is 6.66. The topological polar surface area (TPSA) is 113 Å². The molecule has 1 aliphatic carbocycles. The molecule has 10 heteroatoms. The van der Waals surface area contributed by atoms with Gasteiger partial charge in [-0.15, -0.1) is 0 Å². The summed E-state index contributed by atoms with van der Waals surface area (Å²) in [6, 6.07) is 4.60. The molecule has 2 aromatic rings. The first kappa shape index (κ1) is 25.3. The summed E-state index contributed by atoms with van der Waals surface area (Å²) in [6.45, 7) is 3.65. The first-order chi connectivity index (χ1) is 16.7. The Bertz CT molecular complexity index is 1200. The van der Waals surface area contributed by atoms with E-state index in [9.17, 15) is 18.3 Å². The van der Waals surface area contributed by atoms with E-state index in [0.29, 0.717) is 0 Å². The fourth-order valence-corrected chi connectivity index (χ4v) is 6.36. The zero-order valence-corrected chi connectivity index (χ0v) is 21.1. The van der Waals surface area contributed by atoms with Crippen molar-refractivity contribution in [3.8, 4) is 5.75 Å². The highest BCUT2D eigenvalue weighted by Gasteiger charge is 2.38. The predicted molar refractivity (Wildman–Crippen MR) is 131 cm³/mol. The summed E-state index contributed by atoms with van der Waals surface area (Å²) in [6.07, 6.45) is 9.07. The Morgan fingerprint density at radius 1 is 1.34 bits per heavy atom. The fraction of sp³-hybridized carbons (Fsp3) is 0.480. The van der Waals surface area contributed by atoms with Gasteiger partial charge in [-0.05, 0) is 49.5 Å². The minimum absolute atomic E-state index is 0.0694. The predicted octanol–water partition coefficient (Wildman–Crippen LogP) is 2.58. The molecule has 2 heterocycles. The number of ether oxygens (including phenoxy) is 1. The van der Waals surface area contributed by atoms with E-state index in [1.807, 2.05) is 13.0 Å². The number of fused-ring (bicyclic) bond motifs is 1. The highest BCUT2D eigenvalue weighted by atomic mass is 32.2. The molecule has 35 heavy (non-hydrogen) atoms. The molecule has 0 unspecified atom stereocenters. The van der Waals surface area contributed by atoms with Crippen molar-refractivity contribution in [2.75, 3.05) is 26.7 Å². The quantitative estimate of drug-likeness (QED) is 0.649. The van der Waals surface area contributed by atoms with Crippen LogP contribution in [0.2, 0.25) is 0 Å². The van der Waals surface area contributed by atoms with E-state index in [0.717, 1.165) is 24.8 Å². The molecular formula is C25H32N4O5S. The molecule has 0 fully saturated rings. The molecule has 188 valence electrons. The maximum absolute atomic E-state index is 13.6. The number of aromatic nitrogens is 2. The zero-order valence-electron chi connectivity index (χ0n) is 20.3. The molecule has 1 amide bonds. The van der Waals surface area contributed by atoms with Crippen LogP contribution in [0.5, 0.6) is 5.75 Å². The Hall–Kier alpha value is -2.82. The molecule has 0 bridgehead atoms. The second-order valence-corrected chi connectivity index (χ2v) is 11.2. The lowest BCUT2D eigenvalue weighted by atomic mass is 10.0. The maximum atomic E-state index is 13.6. The van der Waals surface area contributed by atoms with Crippen LogP contribution in [-0.4, -0.2) is 77.5 Å². The number of aliphatic hydroxyl groups excluding tert-OH is 1. The second-order valence-electron chi connectivity index (χ2n) is 9.30. The number of carbonyl (C=O) groups excluding carboxylic acids is 1. The summed E-state index contributed by atoms with van der Waals surface area (Å²) in [5, 5.41) is 9.80. The van der Waals surface area contributed by atoms with Crippen molar-refractivity contribution < 1.29 is 23.1 Å². The second kappa shape index (κ2) is 10.4. The molecule has 0 radical (unpaired) electrons. The largest absolute Gasteiger partial charge is 0.487 e. The van der Waals surface area contributed by atoms with Gasteiger partial charge in [0.1, 0.15) is 22.4 Å². The number of aliphatic hydroxyl groups is 1. The van der Waals surface area contributed by atoms with Crippen LogP contribution in [0.15, 0.2) is 47.8 Å².